The van der Waals surface area contributed by atoms with Gasteiger partial charge in [0.05, 0.1) is 6.10 Å². The van der Waals surface area contributed by atoms with Gasteiger partial charge < -0.3 is 5.11 Å². The summed E-state index contributed by atoms with van der Waals surface area (Å²) >= 11 is 0. The summed E-state index contributed by atoms with van der Waals surface area (Å²) in [6, 6.07) is 6.53. The molecule has 104 valence electrons. The highest BCUT2D eigenvalue weighted by molar-refractivity contribution is 5.30. The third-order valence-corrected chi connectivity index (χ3v) is 4.39. The van der Waals surface area contributed by atoms with E-state index in [2.05, 4.69) is 52.0 Å². The average molecular weight is 258 g/mol. The topological polar surface area (TPSA) is 20.2 Å². The number of rotatable bonds is 3. The second-order valence-corrected chi connectivity index (χ2v) is 6.38. The molecule has 0 aliphatic heterocycles. The van der Waals surface area contributed by atoms with Crippen molar-refractivity contribution < 1.29 is 5.11 Å². The Hall–Kier alpha value is -1.08. The molecule has 0 radical (unpaired) electrons. The van der Waals surface area contributed by atoms with E-state index in [0.29, 0.717) is 11.8 Å². The monoisotopic (exact) mass is 258 g/mol. The van der Waals surface area contributed by atoms with E-state index in [-0.39, 0.29) is 6.10 Å². The summed E-state index contributed by atoms with van der Waals surface area (Å²) in [7, 11) is 0. The zero-order chi connectivity index (χ0) is 14.0. The third-order valence-electron chi connectivity index (χ3n) is 4.39. The van der Waals surface area contributed by atoms with Gasteiger partial charge in [0, 0.05) is 0 Å². The Morgan fingerprint density at radius 2 is 1.95 bits per heavy atom. The van der Waals surface area contributed by atoms with Gasteiger partial charge in [-0.25, -0.2) is 0 Å². The molecular formula is C18H26O. The van der Waals surface area contributed by atoms with Crippen molar-refractivity contribution in [2.24, 2.45) is 11.8 Å². The standard InChI is InChI=1S/C18H26O/c1-12-7-13(2)9-17(8-12)18(19)11-16-6-5-14(3)15(4)10-16/h5-7,10,12,17-19H,8-9,11H2,1-4H3. The summed E-state index contributed by atoms with van der Waals surface area (Å²) in [6.07, 6.45) is 5.08. The van der Waals surface area contributed by atoms with Crippen LogP contribution in [0.5, 0.6) is 0 Å². The number of hydrogen-bond acceptors (Lipinski definition) is 1. The minimum Gasteiger partial charge on any atom is -0.392 e. The fourth-order valence-electron chi connectivity index (χ4n) is 3.23. The van der Waals surface area contributed by atoms with Gasteiger partial charge in [0.1, 0.15) is 0 Å². The van der Waals surface area contributed by atoms with Crippen molar-refractivity contribution in [1.29, 1.82) is 0 Å². The summed E-state index contributed by atoms with van der Waals surface area (Å²) in [5.41, 5.74) is 5.33. The van der Waals surface area contributed by atoms with Crippen LogP contribution in [-0.4, -0.2) is 11.2 Å². The van der Waals surface area contributed by atoms with Gasteiger partial charge in [0.2, 0.25) is 0 Å². The summed E-state index contributed by atoms with van der Waals surface area (Å²) in [6.45, 7) is 8.71. The van der Waals surface area contributed by atoms with Crippen LogP contribution in [0.3, 0.4) is 0 Å². The van der Waals surface area contributed by atoms with E-state index < -0.39 is 0 Å². The quantitative estimate of drug-likeness (QED) is 0.806. The van der Waals surface area contributed by atoms with Crippen molar-refractivity contribution in [2.75, 3.05) is 0 Å². The molecule has 1 aromatic carbocycles. The van der Waals surface area contributed by atoms with Gasteiger partial charge in [-0.2, -0.15) is 0 Å². The molecule has 19 heavy (non-hydrogen) atoms. The van der Waals surface area contributed by atoms with E-state index in [1.807, 2.05) is 0 Å². The number of benzene rings is 1. The summed E-state index contributed by atoms with van der Waals surface area (Å²) in [5, 5.41) is 10.5. The van der Waals surface area contributed by atoms with Crippen LogP contribution in [0, 0.1) is 25.7 Å². The lowest BCUT2D eigenvalue weighted by molar-refractivity contribution is 0.0932. The van der Waals surface area contributed by atoms with E-state index in [0.717, 1.165) is 19.3 Å². The van der Waals surface area contributed by atoms with Crippen molar-refractivity contribution in [1.82, 2.24) is 0 Å². The number of aliphatic hydroxyl groups excluding tert-OH is 1. The molecule has 1 N–H and O–H groups in total. The van der Waals surface area contributed by atoms with Gasteiger partial charge >= 0.3 is 0 Å². The molecule has 0 saturated heterocycles. The van der Waals surface area contributed by atoms with Gasteiger partial charge in [0.15, 0.2) is 0 Å². The van der Waals surface area contributed by atoms with Crippen molar-refractivity contribution in [3.8, 4) is 0 Å². The molecule has 0 fully saturated rings. The minimum atomic E-state index is -0.215. The Balaban J connectivity index is 2.02. The highest BCUT2D eigenvalue weighted by Crippen LogP contribution is 2.31. The Morgan fingerprint density at radius 3 is 2.58 bits per heavy atom. The Bertz CT molecular complexity index is 473. The van der Waals surface area contributed by atoms with Gasteiger partial charge in [-0.15, -0.1) is 0 Å². The molecule has 1 nitrogen and oxygen atoms in total. The first kappa shape index (κ1) is 14.3. The van der Waals surface area contributed by atoms with Crippen LogP contribution in [0.2, 0.25) is 0 Å². The Morgan fingerprint density at radius 1 is 1.21 bits per heavy atom. The van der Waals surface area contributed by atoms with Crippen molar-refractivity contribution in [2.45, 2.75) is 53.1 Å². The SMILES string of the molecule is CC1=CC(C)CC(C(O)Cc2ccc(C)c(C)c2)C1. The van der Waals surface area contributed by atoms with Crippen LogP contribution < -0.4 is 0 Å². The molecule has 1 aromatic rings. The average Bonchev–Trinajstić information content (AvgIpc) is 2.32. The first-order valence-corrected chi connectivity index (χ1v) is 7.37. The molecule has 0 amide bonds. The van der Waals surface area contributed by atoms with Crippen LogP contribution in [0.25, 0.3) is 0 Å². The summed E-state index contributed by atoms with van der Waals surface area (Å²) in [5.74, 6) is 1.02. The predicted octanol–water partition coefficient (Wildman–Crippen LogP) is 4.20. The maximum Gasteiger partial charge on any atom is 0.0611 e. The lowest BCUT2D eigenvalue weighted by Crippen LogP contribution is -2.27. The van der Waals surface area contributed by atoms with Crippen molar-refractivity contribution in [3.63, 3.8) is 0 Å². The maximum atomic E-state index is 10.5. The van der Waals surface area contributed by atoms with Gasteiger partial charge in [-0.05, 0) is 68.6 Å². The Labute approximate surface area is 117 Å². The van der Waals surface area contributed by atoms with E-state index in [1.54, 1.807) is 0 Å². The van der Waals surface area contributed by atoms with Gasteiger partial charge in [-0.1, -0.05) is 36.8 Å². The highest BCUT2D eigenvalue weighted by atomic mass is 16.3. The number of aryl methyl sites for hydroxylation is 2. The molecular weight excluding hydrogens is 232 g/mol. The zero-order valence-corrected chi connectivity index (χ0v) is 12.6. The number of allylic oxidation sites excluding steroid dienone is 2. The first-order valence-electron chi connectivity index (χ1n) is 7.37. The van der Waals surface area contributed by atoms with E-state index in [9.17, 15) is 5.11 Å². The van der Waals surface area contributed by atoms with Crippen LogP contribution in [0.1, 0.15) is 43.4 Å². The smallest absolute Gasteiger partial charge is 0.0611 e. The molecule has 3 atom stereocenters. The molecule has 0 heterocycles. The molecule has 3 unspecified atom stereocenters. The fraction of sp³-hybridized carbons (Fsp3) is 0.556. The molecule has 0 aromatic heterocycles. The molecule has 0 spiro atoms. The molecule has 0 saturated carbocycles. The third kappa shape index (κ3) is 3.70. The normalized spacial score (nSPS) is 25.0. The molecule has 0 bridgehead atoms. The molecule has 1 heteroatoms. The van der Waals surface area contributed by atoms with Crippen LogP contribution in [-0.2, 0) is 6.42 Å². The number of aliphatic hydroxyl groups is 1. The van der Waals surface area contributed by atoms with E-state index in [4.69, 9.17) is 0 Å². The maximum absolute atomic E-state index is 10.5. The largest absolute Gasteiger partial charge is 0.392 e. The second-order valence-electron chi connectivity index (χ2n) is 6.38. The lowest BCUT2D eigenvalue weighted by atomic mass is 9.79. The van der Waals surface area contributed by atoms with Crippen LogP contribution >= 0.6 is 0 Å². The predicted molar refractivity (Wildman–Crippen MR) is 81.3 cm³/mol. The van der Waals surface area contributed by atoms with Gasteiger partial charge in [0.25, 0.3) is 0 Å². The zero-order valence-electron chi connectivity index (χ0n) is 12.6. The van der Waals surface area contributed by atoms with E-state index in [1.165, 1.54) is 22.3 Å². The minimum absolute atomic E-state index is 0.215. The second kappa shape index (κ2) is 5.92. The van der Waals surface area contributed by atoms with Crippen LogP contribution in [0.15, 0.2) is 29.8 Å². The Kier molecular flexibility index (Phi) is 4.46. The van der Waals surface area contributed by atoms with Crippen molar-refractivity contribution in [3.05, 3.63) is 46.5 Å². The summed E-state index contributed by atoms with van der Waals surface area (Å²) < 4.78 is 0. The van der Waals surface area contributed by atoms with Crippen LogP contribution in [0.4, 0.5) is 0 Å². The fourth-order valence-corrected chi connectivity index (χ4v) is 3.23. The molecule has 1 aliphatic rings. The molecule has 1 aliphatic carbocycles. The first-order chi connectivity index (χ1) is 8.95. The van der Waals surface area contributed by atoms with Gasteiger partial charge in [-0.3, -0.25) is 0 Å². The number of hydrogen-bond donors (Lipinski definition) is 1. The molecule has 2 rings (SSSR count). The highest BCUT2D eigenvalue weighted by Gasteiger charge is 2.24. The van der Waals surface area contributed by atoms with E-state index >= 15 is 0 Å². The summed E-state index contributed by atoms with van der Waals surface area (Å²) in [4.78, 5) is 0. The van der Waals surface area contributed by atoms with Crippen molar-refractivity contribution >= 4 is 0 Å². The lowest BCUT2D eigenvalue weighted by Gasteiger charge is -2.29.